The van der Waals surface area contributed by atoms with E-state index in [0.717, 1.165) is 12.8 Å². The lowest BCUT2D eigenvalue weighted by Crippen LogP contribution is -2.27. The third kappa shape index (κ3) is 4.71. The lowest BCUT2D eigenvalue weighted by Gasteiger charge is -2.22. The van der Waals surface area contributed by atoms with Crippen molar-refractivity contribution < 1.29 is 27.5 Å². The maximum absolute atomic E-state index is 14.0. The molecule has 0 aromatic carbocycles. The van der Waals surface area contributed by atoms with Crippen molar-refractivity contribution >= 4 is 17.5 Å². The third-order valence-electron chi connectivity index (χ3n) is 5.40. The fourth-order valence-corrected chi connectivity index (χ4v) is 3.79. The topological polar surface area (TPSA) is 112 Å². The number of pyridine rings is 1. The molecule has 3 N–H and O–H groups in total. The van der Waals surface area contributed by atoms with E-state index in [2.05, 4.69) is 15.4 Å². The van der Waals surface area contributed by atoms with Gasteiger partial charge in [0.1, 0.15) is 17.0 Å². The summed E-state index contributed by atoms with van der Waals surface area (Å²) in [5.74, 6) is -2.10. The highest BCUT2D eigenvalue weighted by molar-refractivity contribution is 6.05. The smallest absolute Gasteiger partial charge is 0.381 e. The molecule has 2 fully saturated rings. The highest BCUT2D eigenvalue weighted by atomic mass is 19.4. The SMILES string of the molecule is NC(=O)c1cc(NC(=O)c2c(C(F)(F)F)c(C3CC3)nn2CC2CCCOC2)ccn1. The summed E-state index contributed by atoms with van der Waals surface area (Å²) in [6.45, 7) is 1.18. The van der Waals surface area contributed by atoms with Crippen molar-refractivity contribution in [2.24, 2.45) is 11.7 Å². The molecule has 3 heterocycles. The predicted molar refractivity (Wildman–Crippen MR) is 103 cm³/mol. The first-order valence-electron chi connectivity index (χ1n) is 10.1. The monoisotopic (exact) mass is 437 g/mol. The van der Waals surface area contributed by atoms with Crippen LogP contribution in [0.2, 0.25) is 0 Å². The number of halogens is 3. The molecule has 1 saturated carbocycles. The summed E-state index contributed by atoms with van der Waals surface area (Å²) in [7, 11) is 0. The third-order valence-corrected chi connectivity index (χ3v) is 5.40. The number of carbonyl (C=O) groups excluding carboxylic acids is 2. The number of carbonyl (C=O) groups is 2. The molecule has 2 amide bonds. The number of rotatable bonds is 6. The Balaban J connectivity index is 1.71. The van der Waals surface area contributed by atoms with Crippen LogP contribution in [0.15, 0.2) is 18.3 Å². The largest absolute Gasteiger partial charge is 0.420 e. The zero-order valence-corrected chi connectivity index (χ0v) is 16.6. The van der Waals surface area contributed by atoms with Crippen molar-refractivity contribution in [3.8, 4) is 0 Å². The Morgan fingerprint density at radius 2 is 2.06 bits per heavy atom. The minimum Gasteiger partial charge on any atom is -0.381 e. The Bertz CT molecular complexity index is 994. The zero-order valence-electron chi connectivity index (χ0n) is 16.6. The molecule has 11 heteroatoms. The zero-order chi connectivity index (χ0) is 22.2. The van der Waals surface area contributed by atoms with Gasteiger partial charge < -0.3 is 15.8 Å². The Morgan fingerprint density at radius 3 is 2.68 bits per heavy atom. The molecule has 166 valence electrons. The Labute approximate surface area is 176 Å². The summed E-state index contributed by atoms with van der Waals surface area (Å²) >= 11 is 0. The molecule has 8 nitrogen and oxygen atoms in total. The van der Waals surface area contributed by atoms with Crippen LogP contribution in [-0.4, -0.2) is 39.8 Å². The van der Waals surface area contributed by atoms with E-state index in [-0.39, 0.29) is 35.5 Å². The normalized spacial score (nSPS) is 19.3. The Hall–Kier alpha value is -2.95. The highest BCUT2D eigenvalue weighted by Gasteiger charge is 2.46. The van der Waals surface area contributed by atoms with Gasteiger partial charge in [0.15, 0.2) is 0 Å². The van der Waals surface area contributed by atoms with Crippen LogP contribution in [0.4, 0.5) is 18.9 Å². The molecule has 4 rings (SSSR count). The molecular weight excluding hydrogens is 415 g/mol. The fourth-order valence-electron chi connectivity index (χ4n) is 3.79. The van der Waals surface area contributed by atoms with Crippen molar-refractivity contribution in [2.75, 3.05) is 18.5 Å². The molecule has 0 radical (unpaired) electrons. The number of ether oxygens (including phenoxy) is 1. The first-order valence-corrected chi connectivity index (χ1v) is 10.1. The van der Waals surface area contributed by atoms with Crippen molar-refractivity contribution in [2.45, 2.75) is 44.3 Å². The predicted octanol–water partition coefficient (Wildman–Crippen LogP) is 2.95. The number of alkyl halides is 3. The molecule has 1 aliphatic heterocycles. The van der Waals surface area contributed by atoms with Crippen LogP contribution < -0.4 is 11.1 Å². The van der Waals surface area contributed by atoms with Gasteiger partial charge in [-0.2, -0.15) is 18.3 Å². The lowest BCUT2D eigenvalue weighted by atomic mass is 10.0. The van der Waals surface area contributed by atoms with Crippen LogP contribution in [0.25, 0.3) is 0 Å². The lowest BCUT2D eigenvalue weighted by molar-refractivity contribution is -0.138. The summed E-state index contributed by atoms with van der Waals surface area (Å²) in [6, 6.07) is 2.58. The van der Waals surface area contributed by atoms with Gasteiger partial charge in [0.2, 0.25) is 0 Å². The van der Waals surface area contributed by atoms with E-state index < -0.39 is 29.2 Å². The fraction of sp³-hybridized carbons (Fsp3) is 0.500. The van der Waals surface area contributed by atoms with Gasteiger partial charge in [-0.1, -0.05) is 0 Å². The van der Waals surface area contributed by atoms with Gasteiger partial charge in [0.25, 0.3) is 11.8 Å². The van der Waals surface area contributed by atoms with Gasteiger partial charge in [-0.05, 0) is 37.8 Å². The molecule has 1 saturated heterocycles. The van der Waals surface area contributed by atoms with E-state index in [0.29, 0.717) is 26.1 Å². The van der Waals surface area contributed by atoms with Crippen molar-refractivity contribution in [1.82, 2.24) is 14.8 Å². The number of anilines is 1. The van der Waals surface area contributed by atoms with Gasteiger partial charge >= 0.3 is 6.18 Å². The van der Waals surface area contributed by atoms with Crippen molar-refractivity contribution in [3.63, 3.8) is 0 Å². The highest BCUT2D eigenvalue weighted by Crippen LogP contribution is 2.46. The number of amides is 2. The number of hydrogen-bond donors (Lipinski definition) is 2. The van der Waals surface area contributed by atoms with Crippen LogP contribution in [0.1, 0.15) is 63.8 Å². The minimum absolute atomic E-state index is 0.0317. The quantitative estimate of drug-likeness (QED) is 0.722. The molecule has 2 aromatic heterocycles. The molecule has 2 aromatic rings. The molecule has 1 aliphatic carbocycles. The molecule has 2 aliphatic rings. The first-order chi connectivity index (χ1) is 14.7. The summed E-state index contributed by atoms with van der Waals surface area (Å²) in [5.41, 5.74) is 3.59. The molecule has 1 unspecified atom stereocenters. The molecule has 1 atom stereocenters. The van der Waals surface area contributed by atoms with E-state index >= 15 is 0 Å². The number of aromatic nitrogens is 3. The van der Waals surface area contributed by atoms with Crippen LogP contribution in [0.3, 0.4) is 0 Å². The van der Waals surface area contributed by atoms with E-state index in [1.165, 1.54) is 23.0 Å². The number of nitrogens with two attached hydrogens (primary N) is 1. The maximum Gasteiger partial charge on any atom is 0.420 e. The Morgan fingerprint density at radius 1 is 1.29 bits per heavy atom. The minimum atomic E-state index is -4.73. The van der Waals surface area contributed by atoms with Gasteiger partial charge in [0.05, 0.1) is 12.3 Å². The average Bonchev–Trinajstić information content (AvgIpc) is 3.49. The molecule has 0 spiro atoms. The summed E-state index contributed by atoms with van der Waals surface area (Å²) in [4.78, 5) is 28.1. The van der Waals surface area contributed by atoms with Crippen LogP contribution in [0, 0.1) is 5.92 Å². The number of primary amides is 1. The van der Waals surface area contributed by atoms with E-state index in [9.17, 15) is 22.8 Å². The second kappa shape index (κ2) is 8.29. The summed E-state index contributed by atoms with van der Waals surface area (Å²) in [5, 5.41) is 6.67. The Kier molecular flexibility index (Phi) is 5.69. The first kappa shape index (κ1) is 21.3. The number of hydrogen-bond acceptors (Lipinski definition) is 5. The maximum atomic E-state index is 14.0. The van der Waals surface area contributed by atoms with Crippen LogP contribution >= 0.6 is 0 Å². The van der Waals surface area contributed by atoms with Gasteiger partial charge in [-0.3, -0.25) is 19.3 Å². The van der Waals surface area contributed by atoms with Gasteiger partial charge in [-0.25, -0.2) is 0 Å². The number of nitrogens with one attached hydrogen (secondary N) is 1. The van der Waals surface area contributed by atoms with Crippen LogP contribution in [0.5, 0.6) is 0 Å². The molecule has 0 bridgehead atoms. The summed E-state index contributed by atoms with van der Waals surface area (Å²) in [6.07, 6.45) is -0.676. The average molecular weight is 437 g/mol. The van der Waals surface area contributed by atoms with Crippen molar-refractivity contribution in [1.29, 1.82) is 0 Å². The van der Waals surface area contributed by atoms with Crippen molar-refractivity contribution in [3.05, 3.63) is 41.0 Å². The van der Waals surface area contributed by atoms with E-state index in [1.54, 1.807) is 0 Å². The second-order valence-corrected chi connectivity index (χ2v) is 7.89. The van der Waals surface area contributed by atoms with E-state index in [1.807, 2.05) is 0 Å². The van der Waals surface area contributed by atoms with E-state index in [4.69, 9.17) is 10.5 Å². The molecule has 31 heavy (non-hydrogen) atoms. The number of nitrogens with zero attached hydrogens (tertiary/aromatic N) is 3. The standard InChI is InChI=1S/C20H22F3N5O3/c21-20(22,23)15-16(12-3-4-12)27-28(9-11-2-1-7-31-10-11)17(15)19(30)26-13-5-6-25-14(8-13)18(24)29/h5-6,8,11-12H,1-4,7,9-10H2,(H2,24,29)(H,25,26,30). The molecular formula is C20H22F3N5O3. The second-order valence-electron chi connectivity index (χ2n) is 7.89. The van der Waals surface area contributed by atoms with Gasteiger partial charge in [0, 0.05) is 36.9 Å². The van der Waals surface area contributed by atoms with Crippen LogP contribution in [-0.2, 0) is 17.5 Å². The summed E-state index contributed by atoms with van der Waals surface area (Å²) < 4.78 is 48.7. The van der Waals surface area contributed by atoms with Gasteiger partial charge in [-0.15, -0.1) is 0 Å².